The van der Waals surface area contributed by atoms with Crippen LogP contribution in [0.2, 0.25) is 5.02 Å². The molecular weight excluding hydrogens is 438 g/mol. The molecular formula is C21H22ClN5O3S. The number of carbonyl (C=O) groups is 1. The average molecular weight is 460 g/mol. The molecule has 8 nitrogen and oxygen atoms in total. The molecule has 10 heteroatoms. The third-order valence-electron chi connectivity index (χ3n) is 5.10. The van der Waals surface area contributed by atoms with Crippen LogP contribution in [0.4, 0.5) is 10.8 Å². The molecule has 0 bridgehead atoms. The number of aromatic nitrogens is 3. The number of nitrogens with one attached hydrogen (secondary N) is 1. The number of hydrogen-bond acceptors (Lipinski definition) is 6. The lowest BCUT2D eigenvalue weighted by Crippen LogP contribution is -2.41. The minimum absolute atomic E-state index is 0.0560. The number of benzene rings is 1. The van der Waals surface area contributed by atoms with E-state index in [4.69, 9.17) is 11.6 Å². The van der Waals surface area contributed by atoms with Crippen LogP contribution in [0.1, 0.15) is 19.3 Å². The summed E-state index contributed by atoms with van der Waals surface area (Å²) in [7, 11) is 0. The average Bonchev–Trinajstić information content (AvgIpc) is 3.20. The molecule has 1 fully saturated rings. The highest BCUT2D eigenvalue weighted by molar-refractivity contribution is 7.22. The van der Waals surface area contributed by atoms with E-state index in [0.717, 1.165) is 30.5 Å². The highest BCUT2D eigenvalue weighted by Gasteiger charge is 2.22. The van der Waals surface area contributed by atoms with Gasteiger partial charge in [0.25, 0.3) is 5.56 Å². The van der Waals surface area contributed by atoms with Crippen molar-refractivity contribution in [3.63, 3.8) is 0 Å². The maximum atomic E-state index is 13.0. The van der Waals surface area contributed by atoms with Crippen LogP contribution in [0.3, 0.4) is 0 Å². The van der Waals surface area contributed by atoms with Gasteiger partial charge in [0.15, 0.2) is 10.8 Å². The van der Waals surface area contributed by atoms with Crippen molar-refractivity contribution in [1.82, 2.24) is 14.1 Å². The Hall–Kier alpha value is -2.91. The number of thiazole rings is 1. The monoisotopic (exact) mass is 459 g/mol. The van der Waals surface area contributed by atoms with Crippen LogP contribution in [-0.2, 0) is 17.9 Å². The summed E-state index contributed by atoms with van der Waals surface area (Å²) in [6, 6.07) is 6.75. The second-order valence-electron chi connectivity index (χ2n) is 7.33. The molecule has 1 aromatic carbocycles. The number of hydrogen-bond donors (Lipinski definition) is 1. The van der Waals surface area contributed by atoms with E-state index in [1.165, 1.54) is 28.4 Å². The summed E-state index contributed by atoms with van der Waals surface area (Å²) in [6.07, 6.45) is 4.77. The Morgan fingerprint density at radius 3 is 2.71 bits per heavy atom. The van der Waals surface area contributed by atoms with E-state index in [-0.39, 0.29) is 18.7 Å². The Labute approximate surface area is 187 Å². The van der Waals surface area contributed by atoms with E-state index >= 15 is 0 Å². The number of halogens is 1. The Bertz CT molecular complexity index is 1260. The van der Waals surface area contributed by atoms with Crippen molar-refractivity contribution in [1.29, 1.82) is 0 Å². The van der Waals surface area contributed by atoms with Gasteiger partial charge in [-0.2, -0.15) is 0 Å². The molecule has 3 aromatic rings. The van der Waals surface area contributed by atoms with E-state index in [2.05, 4.69) is 21.8 Å². The SMILES string of the molecule is C=CCn1c(=O)c2sc(N3CCCCC3)nc2n(CC(=O)Nc2cccc(Cl)c2)c1=O. The third kappa shape index (κ3) is 4.42. The summed E-state index contributed by atoms with van der Waals surface area (Å²) in [5.74, 6) is -0.415. The first-order chi connectivity index (χ1) is 15.0. The number of anilines is 2. The van der Waals surface area contributed by atoms with E-state index < -0.39 is 17.2 Å². The summed E-state index contributed by atoms with van der Waals surface area (Å²) in [6.45, 7) is 5.13. The van der Waals surface area contributed by atoms with E-state index in [1.807, 2.05) is 0 Å². The first kappa shape index (κ1) is 21.3. The van der Waals surface area contributed by atoms with Gasteiger partial charge in [-0.3, -0.25) is 18.7 Å². The molecule has 162 valence electrons. The zero-order valence-corrected chi connectivity index (χ0v) is 18.4. The predicted molar refractivity (Wildman–Crippen MR) is 124 cm³/mol. The Morgan fingerprint density at radius 2 is 2.00 bits per heavy atom. The highest BCUT2D eigenvalue weighted by atomic mass is 35.5. The van der Waals surface area contributed by atoms with Crippen LogP contribution in [0.25, 0.3) is 10.3 Å². The van der Waals surface area contributed by atoms with Crippen LogP contribution in [0.15, 0.2) is 46.5 Å². The molecule has 0 spiro atoms. The largest absolute Gasteiger partial charge is 0.348 e. The topological polar surface area (TPSA) is 89.2 Å². The molecule has 3 heterocycles. The van der Waals surface area contributed by atoms with Gasteiger partial charge in [0.1, 0.15) is 11.2 Å². The van der Waals surface area contributed by atoms with Crippen molar-refractivity contribution in [2.75, 3.05) is 23.3 Å². The van der Waals surface area contributed by atoms with Gasteiger partial charge in [-0.1, -0.05) is 35.1 Å². The fraction of sp³-hybridized carbons (Fsp3) is 0.333. The molecule has 31 heavy (non-hydrogen) atoms. The maximum Gasteiger partial charge on any atom is 0.333 e. The Balaban J connectivity index is 1.75. The molecule has 1 N–H and O–H groups in total. The van der Waals surface area contributed by atoms with Crippen LogP contribution in [-0.4, -0.2) is 33.1 Å². The van der Waals surface area contributed by atoms with Crippen molar-refractivity contribution >= 4 is 50.0 Å². The van der Waals surface area contributed by atoms with Crippen molar-refractivity contribution in [2.45, 2.75) is 32.4 Å². The number of rotatable bonds is 6. The van der Waals surface area contributed by atoms with Crippen molar-refractivity contribution in [2.24, 2.45) is 0 Å². The maximum absolute atomic E-state index is 13.0. The van der Waals surface area contributed by atoms with Crippen LogP contribution in [0.5, 0.6) is 0 Å². The van der Waals surface area contributed by atoms with Gasteiger partial charge in [-0.05, 0) is 37.5 Å². The summed E-state index contributed by atoms with van der Waals surface area (Å²) in [5.41, 5.74) is -0.239. The minimum atomic E-state index is -0.589. The summed E-state index contributed by atoms with van der Waals surface area (Å²) in [4.78, 5) is 45.4. The van der Waals surface area contributed by atoms with Gasteiger partial charge in [0.05, 0.1) is 0 Å². The zero-order chi connectivity index (χ0) is 22.0. The number of nitrogens with zero attached hydrogens (tertiary/aromatic N) is 4. The van der Waals surface area contributed by atoms with Crippen LogP contribution >= 0.6 is 22.9 Å². The second kappa shape index (κ2) is 9.07. The smallest absolute Gasteiger partial charge is 0.333 e. The standard InChI is InChI=1S/C21H22ClN5O3S/c1-2-9-26-19(29)17-18(24-20(31-17)25-10-4-3-5-11-25)27(21(26)30)13-16(28)23-15-8-6-7-14(22)12-15/h2,6-8,12H,1,3-5,9-11,13H2,(H,23,28). The normalized spacial score (nSPS) is 14.0. The van der Waals surface area contributed by atoms with Gasteiger partial charge in [-0.25, -0.2) is 9.78 Å². The first-order valence-electron chi connectivity index (χ1n) is 10.0. The van der Waals surface area contributed by atoms with Crippen molar-refractivity contribution in [3.05, 3.63) is 62.8 Å². The Morgan fingerprint density at radius 1 is 1.23 bits per heavy atom. The minimum Gasteiger partial charge on any atom is -0.348 e. The number of carbonyl (C=O) groups excluding carboxylic acids is 1. The predicted octanol–water partition coefficient (Wildman–Crippen LogP) is 3.09. The molecule has 0 saturated carbocycles. The van der Waals surface area contributed by atoms with Gasteiger partial charge in [-0.15, -0.1) is 6.58 Å². The zero-order valence-electron chi connectivity index (χ0n) is 16.8. The van der Waals surface area contributed by atoms with Crippen molar-refractivity contribution < 1.29 is 4.79 Å². The van der Waals surface area contributed by atoms with Crippen LogP contribution < -0.4 is 21.5 Å². The lowest BCUT2D eigenvalue weighted by molar-refractivity contribution is -0.116. The van der Waals surface area contributed by atoms with Crippen LogP contribution in [0, 0.1) is 0 Å². The third-order valence-corrected chi connectivity index (χ3v) is 6.43. The molecule has 1 aliphatic rings. The lowest BCUT2D eigenvalue weighted by atomic mass is 10.1. The second-order valence-corrected chi connectivity index (χ2v) is 8.74. The Kier molecular flexibility index (Phi) is 6.24. The fourth-order valence-corrected chi connectivity index (χ4v) is 4.89. The lowest BCUT2D eigenvalue weighted by Gasteiger charge is -2.25. The molecule has 2 aromatic heterocycles. The number of allylic oxidation sites excluding steroid dienone is 1. The molecule has 1 aliphatic heterocycles. The molecule has 1 amide bonds. The molecule has 0 atom stereocenters. The highest BCUT2D eigenvalue weighted by Crippen LogP contribution is 2.28. The molecule has 0 unspecified atom stereocenters. The van der Waals surface area contributed by atoms with E-state index in [0.29, 0.717) is 20.5 Å². The summed E-state index contributed by atoms with van der Waals surface area (Å²) in [5, 5.41) is 3.92. The molecule has 4 rings (SSSR count). The quantitative estimate of drug-likeness (QED) is 0.572. The molecule has 1 saturated heterocycles. The molecule has 0 radical (unpaired) electrons. The van der Waals surface area contributed by atoms with E-state index in [9.17, 15) is 14.4 Å². The summed E-state index contributed by atoms with van der Waals surface area (Å²) >= 11 is 7.24. The van der Waals surface area contributed by atoms with Gasteiger partial charge in [0, 0.05) is 30.3 Å². The van der Waals surface area contributed by atoms with Gasteiger partial charge < -0.3 is 10.2 Å². The summed E-state index contributed by atoms with van der Waals surface area (Å²) < 4.78 is 2.70. The number of amides is 1. The van der Waals surface area contributed by atoms with Gasteiger partial charge in [0.2, 0.25) is 5.91 Å². The van der Waals surface area contributed by atoms with E-state index in [1.54, 1.807) is 24.3 Å². The molecule has 0 aliphatic carbocycles. The number of fused-ring (bicyclic) bond motifs is 1. The number of piperidine rings is 1. The van der Waals surface area contributed by atoms with Crippen molar-refractivity contribution in [3.8, 4) is 0 Å². The fourth-order valence-electron chi connectivity index (χ4n) is 3.63. The first-order valence-corrected chi connectivity index (χ1v) is 11.2. The van der Waals surface area contributed by atoms with Gasteiger partial charge >= 0.3 is 5.69 Å².